The van der Waals surface area contributed by atoms with E-state index in [-0.39, 0.29) is 16.5 Å². The first-order valence-electron chi connectivity index (χ1n) is 8.07. The Morgan fingerprint density at radius 2 is 1.88 bits per heavy atom. The number of nitrogens with one attached hydrogen (secondary N) is 1. The Morgan fingerprint density at radius 1 is 1.12 bits per heavy atom. The Kier molecular flexibility index (Phi) is 5.48. The van der Waals surface area contributed by atoms with Crippen molar-refractivity contribution in [3.05, 3.63) is 36.5 Å². The van der Waals surface area contributed by atoms with Gasteiger partial charge < -0.3 is 19.1 Å². The molecule has 0 aliphatic carbocycles. The molecule has 1 aromatic carbocycles. The molecule has 9 heteroatoms. The molecule has 0 atom stereocenters. The van der Waals surface area contributed by atoms with Gasteiger partial charge in [0.15, 0.2) is 0 Å². The topological polar surface area (TPSA) is 90.0 Å². The maximum Gasteiger partial charge on any atom is 0.266 e. The molecule has 0 saturated carbocycles. The summed E-state index contributed by atoms with van der Waals surface area (Å²) in [4.78, 5) is 6.37. The van der Waals surface area contributed by atoms with Crippen molar-refractivity contribution < 1.29 is 22.6 Å². The van der Waals surface area contributed by atoms with Gasteiger partial charge in [-0.1, -0.05) is 0 Å². The average Bonchev–Trinajstić information content (AvgIpc) is 2.68. The minimum atomic E-state index is -3.85. The molecule has 0 spiro atoms. The number of benzene rings is 1. The van der Waals surface area contributed by atoms with E-state index in [1.807, 2.05) is 6.07 Å². The van der Waals surface area contributed by atoms with Crippen LogP contribution in [0, 0.1) is 0 Å². The molecular weight excluding hydrogens is 358 g/mol. The van der Waals surface area contributed by atoms with Crippen LogP contribution in [0.5, 0.6) is 11.5 Å². The van der Waals surface area contributed by atoms with E-state index in [2.05, 4.69) is 14.6 Å². The third-order valence-electron chi connectivity index (χ3n) is 4.02. The number of hydrogen-bond acceptors (Lipinski definition) is 7. The summed E-state index contributed by atoms with van der Waals surface area (Å²) in [5.41, 5.74) is 0.929. The average molecular weight is 379 g/mol. The van der Waals surface area contributed by atoms with Crippen molar-refractivity contribution in [1.29, 1.82) is 0 Å². The first kappa shape index (κ1) is 18.3. The van der Waals surface area contributed by atoms with Gasteiger partial charge in [-0.05, 0) is 24.3 Å². The standard InChI is InChI=1S/C17H21N3O5S/c1-23-14-4-5-16(15(11-14)24-2)26(21,22)19-17-6-3-13(12-18-17)20-7-9-25-10-8-20/h3-6,11-12H,7-10H2,1-2H3,(H,18,19). The molecule has 1 N–H and O–H groups in total. The largest absolute Gasteiger partial charge is 0.497 e. The molecule has 8 nitrogen and oxygen atoms in total. The van der Waals surface area contributed by atoms with Gasteiger partial charge in [0.05, 0.1) is 39.3 Å². The fourth-order valence-electron chi connectivity index (χ4n) is 2.64. The minimum absolute atomic E-state index is 0.0138. The lowest BCUT2D eigenvalue weighted by Gasteiger charge is -2.28. The Morgan fingerprint density at radius 3 is 2.50 bits per heavy atom. The van der Waals surface area contributed by atoms with Crippen molar-refractivity contribution in [2.24, 2.45) is 0 Å². The van der Waals surface area contributed by atoms with Gasteiger partial charge in [-0.3, -0.25) is 4.72 Å². The van der Waals surface area contributed by atoms with Crippen LogP contribution in [0.3, 0.4) is 0 Å². The molecule has 1 aliphatic rings. The van der Waals surface area contributed by atoms with Gasteiger partial charge in [-0.15, -0.1) is 0 Å². The Labute approximate surface area is 152 Å². The number of hydrogen-bond donors (Lipinski definition) is 1. The minimum Gasteiger partial charge on any atom is -0.497 e. The zero-order valence-corrected chi connectivity index (χ0v) is 15.5. The Balaban J connectivity index is 1.79. The molecule has 0 amide bonds. The maximum atomic E-state index is 12.7. The molecule has 0 unspecified atom stereocenters. The number of ether oxygens (including phenoxy) is 3. The highest BCUT2D eigenvalue weighted by atomic mass is 32.2. The molecular formula is C17H21N3O5S. The van der Waals surface area contributed by atoms with Crippen LogP contribution >= 0.6 is 0 Å². The van der Waals surface area contributed by atoms with E-state index in [1.54, 1.807) is 18.3 Å². The highest BCUT2D eigenvalue weighted by Gasteiger charge is 2.21. The summed E-state index contributed by atoms with van der Waals surface area (Å²) in [6.45, 7) is 2.92. The summed E-state index contributed by atoms with van der Waals surface area (Å²) in [6.07, 6.45) is 1.65. The van der Waals surface area contributed by atoms with Crippen molar-refractivity contribution in [3.63, 3.8) is 0 Å². The molecule has 26 heavy (non-hydrogen) atoms. The Bertz CT molecular complexity index is 849. The van der Waals surface area contributed by atoms with Crippen LogP contribution in [0.15, 0.2) is 41.4 Å². The number of methoxy groups -OCH3 is 2. The molecule has 0 bridgehead atoms. The lowest BCUT2D eigenvalue weighted by Crippen LogP contribution is -2.36. The second-order valence-corrected chi connectivity index (χ2v) is 7.27. The highest BCUT2D eigenvalue weighted by molar-refractivity contribution is 7.92. The van der Waals surface area contributed by atoms with Gasteiger partial charge in [-0.2, -0.15) is 0 Å². The van der Waals surface area contributed by atoms with Crippen LogP contribution in [-0.4, -0.2) is 53.9 Å². The molecule has 0 radical (unpaired) electrons. The predicted octanol–water partition coefficient (Wildman–Crippen LogP) is 1.74. The quantitative estimate of drug-likeness (QED) is 0.817. The highest BCUT2D eigenvalue weighted by Crippen LogP contribution is 2.29. The monoisotopic (exact) mass is 379 g/mol. The predicted molar refractivity (Wildman–Crippen MR) is 97.6 cm³/mol. The summed E-state index contributed by atoms with van der Waals surface area (Å²) < 4.78 is 43.4. The third kappa shape index (κ3) is 4.00. The van der Waals surface area contributed by atoms with Crippen molar-refractivity contribution in [1.82, 2.24) is 4.98 Å². The van der Waals surface area contributed by atoms with Gasteiger partial charge in [0, 0.05) is 19.2 Å². The maximum absolute atomic E-state index is 12.7. The van der Waals surface area contributed by atoms with E-state index >= 15 is 0 Å². The number of sulfonamides is 1. The first-order chi connectivity index (χ1) is 12.5. The number of pyridine rings is 1. The van der Waals surface area contributed by atoms with Crippen LogP contribution in [0.1, 0.15) is 0 Å². The lowest BCUT2D eigenvalue weighted by atomic mass is 10.3. The van der Waals surface area contributed by atoms with Crippen LogP contribution in [-0.2, 0) is 14.8 Å². The number of nitrogens with zero attached hydrogens (tertiary/aromatic N) is 2. The van der Waals surface area contributed by atoms with Crippen molar-refractivity contribution in [3.8, 4) is 11.5 Å². The Hall–Kier alpha value is -2.52. The van der Waals surface area contributed by atoms with Crippen LogP contribution in [0.4, 0.5) is 11.5 Å². The lowest BCUT2D eigenvalue weighted by molar-refractivity contribution is 0.122. The van der Waals surface area contributed by atoms with E-state index in [0.717, 1.165) is 18.8 Å². The van der Waals surface area contributed by atoms with Gasteiger partial charge in [0.25, 0.3) is 10.0 Å². The molecule has 3 rings (SSSR count). The number of anilines is 2. The van der Waals surface area contributed by atoms with E-state index in [1.165, 1.54) is 26.4 Å². The van der Waals surface area contributed by atoms with Crippen molar-refractivity contribution in [2.45, 2.75) is 4.90 Å². The van der Waals surface area contributed by atoms with Gasteiger partial charge in [-0.25, -0.2) is 13.4 Å². The SMILES string of the molecule is COc1ccc(S(=O)(=O)Nc2ccc(N3CCOCC3)cn2)c(OC)c1. The number of aromatic nitrogens is 1. The van der Waals surface area contributed by atoms with E-state index in [4.69, 9.17) is 14.2 Å². The fourth-order valence-corrected chi connectivity index (χ4v) is 3.80. The molecule has 1 aliphatic heterocycles. The van der Waals surface area contributed by atoms with Crippen LogP contribution in [0.2, 0.25) is 0 Å². The van der Waals surface area contributed by atoms with Gasteiger partial charge in [0.2, 0.25) is 0 Å². The second-order valence-electron chi connectivity index (χ2n) is 5.62. The molecule has 2 heterocycles. The van der Waals surface area contributed by atoms with E-state index < -0.39 is 10.0 Å². The summed E-state index contributed by atoms with van der Waals surface area (Å²) in [5, 5.41) is 0. The van der Waals surface area contributed by atoms with E-state index in [0.29, 0.717) is 19.0 Å². The molecule has 1 fully saturated rings. The zero-order valence-electron chi connectivity index (χ0n) is 14.6. The van der Waals surface area contributed by atoms with Crippen LogP contribution in [0.25, 0.3) is 0 Å². The fraction of sp³-hybridized carbons (Fsp3) is 0.353. The number of rotatable bonds is 6. The second kappa shape index (κ2) is 7.79. The third-order valence-corrected chi connectivity index (χ3v) is 5.42. The molecule has 140 valence electrons. The van der Waals surface area contributed by atoms with Gasteiger partial charge >= 0.3 is 0 Å². The molecule has 2 aromatic rings. The van der Waals surface area contributed by atoms with Crippen molar-refractivity contribution in [2.75, 3.05) is 50.1 Å². The van der Waals surface area contributed by atoms with Gasteiger partial charge in [0.1, 0.15) is 22.2 Å². The smallest absolute Gasteiger partial charge is 0.266 e. The summed E-state index contributed by atoms with van der Waals surface area (Å²) in [6, 6.07) is 7.98. The molecule has 1 aromatic heterocycles. The van der Waals surface area contributed by atoms with Crippen LogP contribution < -0.4 is 19.1 Å². The zero-order chi connectivity index (χ0) is 18.6. The summed E-state index contributed by atoms with van der Waals surface area (Å²) in [7, 11) is -0.938. The number of morpholine rings is 1. The van der Waals surface area contributed by atoms with E-state index in [9.17, 15) is 8.42 Å². The van der Waals surface area contributed by atoms with Crippen molar-refractivity contribution >= 4 is 21.5 Å². The molecule has 1 saturated heterocycles. The first-order valence-corrected chi connectivity index (χ1v) is 9.55. The summed E-state index contributed by atoms with van der Waals surface area (Å²) >= 11 is 0. The summed E-state index contributed by atoms with van der Waals surface area (Å²) in [5.74, 6) is 0.940. The normalized spacial score (nSPS) is 14.8.